The number of allylic oxidation sites excluding steroid dienone is 1. The molecule has 0 saturated carbocycles. The lowest BCUT2D eigenvalue weighted by Gasteiger charge is -2.43. The van der Waals surface area contributed by atoms with Crippen LogP contribution in [-0.4, -0.2) is 31.9 Å². The van der Waals surface area contributed by atoms with Crippen molar-refractivity contribution in [3.63, 3.8) is 0 Å². The predicted octanol–water partition coefficient (Wildman–Crippen LogP) is 3.78. The summed E-state index contributed by atoms with van der Waals surface area (Å²) < 4.78 is 4.19. The van der Waals surface area contributed by atoms with Gasteiger partial charge in [-0.3, -0.25) is 0 Å². The summed E-state index contributed by atoms with van der Waals surface area (Å²) in [7, 11) is -0.601. The van der Waals surface area contributed by atoms with E-state index in [1.165, 1.54) is 10.6 Å². The van der Waals surface area contributed by atoms with Gasteiger partial charge in [-0.05, 0) is 35.1 Å². The largest absolute Gasteiger partial charge is 0.422 e. The van der Waals surface area contributed by atoms with Crippen molar-refractivity contribution in [1.82, 2.24) is 19.4 Å². The average Bonchev–Trinajstić information content (AvgIpc) is 3.47. The van der Waals surface area contributed by atoms with E-state index >= 15 is 0 Å². The zero-order valence-corrected chi connectivity index (χ0v) is 16.6. The minimum Gasteiger partial charge on any atom is -0.422 e. The Bertz CT molecular complexity index is 912. The standard InChI is InChI=1S/C22H23BN4P/c1-2-15-23(26-18-9-16-24-26,27-19-10-17-25-27)20-28(21-11-5-3-6-12-21)22-13-7-4-8-14-22/h2-14,16-19H,1,15,20H2/q-1. The van der Waals surface area contributed by atoms with Crippen LogP contribution in [0.5, 0.6) is 0 Å². The summed E-state index contributed by atoms with van der Waals surface area (Å²) in [4.78, 5) is 0. The second kappa shape index (κ2) is 8.41. The van der Waals surface area contributed by atoms with E-state index in [0.29, 0.717) is 0 Å². The second-order valence-corrected chi connectivity index (χ2v) is 9.17. The normalized spacial score (nSPS) is 11.6. The lowest BCUT2D eigenvalue weighted by molar-refractivity contribution is 0.809. The number of rotatable bonds is 8. The molecule has 2 aromatic carbocycles. The molecule has 4 rings (SSSR count). The van der Waals surface area contributed by atoms with Crippen molar-refractivity contribution in [1.29, 1.82) is 0 Å². The van der Waals surface area contributed by atoms with Crippen LogP contribution in [0.3, 0.4) is 0 Å². The van der Waals surface area contributed by atoms with E-state index in [9.17, 15) is 0 Å². The van der Waals surface area contributed by atoms with Crippen LogP contribution >= 0.6 is 7.92 Å². The summed E-state index contributed by atoms with van der Waals surface area (Å²) in [5.41, 5.74) is 0. The molecule has 4 nitrogen and oxygen atoms in total. The van der Waals surface area contributed by atoms with Gasteiger partial charge in [0, 0.05) is 12.4 Å². The molecule has 0 spiro atoms. The highest BCUT2D eigenvalue weighted by molar-refractivity contribution is 7.75. The summed E-state index contributed by atoms with van der Waals surface area (Å²) in [6.07, 6.45) is 9.27. The van der Waals surface area contributed by atoms with Gasteiger partial charge in [0.2, 0.25) is 6.42 Å². The molecular weight excluding hydrogens is 362 g/mol. The van der Waals surface area contributed by atoms with Gasteiger partial charge < -0.3 is 9.19 Å². The zero-order chi connectivity index (χ0) is 19.2. The SMILES string of the molecule is C=CC[B-](CP(c1ccccc1)c1ccccc1)(n1cccn1)n1cccn1. The molecule has 28 heavy (non-hydrogen) atoms. The molecule has 0 aliphatic carbocycles. The molecule has 0 bridgehead atoms. The molecule has 0 atom stereocenters. The monoisotopic (exact) mass is 385 g/mol. The van der Waals surface area contributed by atoms with Crippen molar-refractivity contribution in [2.24, 2.45) is 0 Å². The van der Waals surface area contributed by atoms with Crippen molar-refractivity contribution >= 4 is 24.9 Å². The summed E-state index contributed by atoms with van der Waals surface area (Å²) in [6, 6.07) is 26.5. The third-order valence-corrected chi connectivity index (χ3v) is 7.98. The molecule has 140 valence electrons. The van der Waals surface area contributed by atoms with Crippen LogP contribution in [-0.2, 0) is 0 Å². The van der Waals surface area contributed by atoms with Crippen molar-refractivity contribution in [3.05, 3.63) is 110 Å². The molecule has 4 aromatic rings. The number of benzene rings is 2. The van der Waals surface area contributed by atoms with Crippen LogP contribution in [0.15, 0.2) is 110 Å². The minimum absolute atomic E-state index is 0.601. The molecule has 0 amide bonds. The van der Waals surface area contributed by atoms with Gasteiger partial charge in [-0.15, -0.1) is 25.0 Å². The first-order chi connectivity index (χ1) is 13.8. The Morgan fingerprint density at radius 2 is 1.29 bits per heavy atom. The molecule has 0 unspecified atom stereocenters. The second-order valence-electron chi connectivity index (χ2n) is 6.91. The first kappa shape index (κ1) is 18.5. The average molecular weight is 385 g/mol. The topological polar surface area (TPSA) is 35.6 Å². The highest BCUT2D eigenvalue weighted by Crippen LogP contribution is 2.38. The van der Waals surface area contributed by atoms with Gasteiger partial charge in [-0.1, -0.05) is 68.6 Å². The number of hydrogen-bond donors (Lipinski definition) is 0. The van der Waals surface area contributed by atoms with E-state index in [0.717, 1.165) is 12.4 Å². The lowest BCUT2D eigenvalue weighted by atomic mass is 9.46. The van der Waals surface area contributed by atoms with Crippen molar-refractivity contribution in [2.45, 2.75) is 6.32 Å². The smallest absolute Gasteiger partial charge is 0.234 e. The van der Waals surface area contributed by atoms with Crippen LogP contribution in [0, 0.1) is 0 Å². The van der Waals surface area contributed by atoms with Crippen LogP contribution in [0.25, 0.3) is 0 Å². The molecule has 2 heterocycles. The molecule has 2 aromatic heterocycles. The Morgan fingerprint density at radius 3 is 1.68 bits per heavy atom. The predicted molar refractivity (Wildman–Crippen MR) is 120 cm³/mol. The van der Waals surface area contributed by atoms with Crippen LogP contribution in [0.1, 0.15) is 0 Å². The van der Waals surface area contributed by atoms with E-state index < -0.39 is 14.3 Å². The van der Waals surface area contributed by atoms with Gasteiger partial charge in [0.15, 0.2) is 0 Å². The maximum absolute atomic E-state index is 4.65. The Hall–Kier alpha value is -2.91. The summed E-state index contributed by atoms with van der Waals surface area (Å²) in [5, 5.41) is 12.0. The summed E-state index contributed by atoms with van der Waals surface area (Å²) in [6.45, 7) is 4.06. The molecular formula is C22H23BN4P-. The van der Waals surface area contributed by atoms with E-state index in [1.54, 1.807) is 0 Å². The van der Waals surface area contributed by atoms with E-state index in [4.69, 9.17) is 0 Å². The van der Waals surface area contributed by atoms with Gasteiger partial charge in [0.05, 0.1) is 0 Å². The first-order valence-corrected chi connectivity index (χ1v) is 11.0. The van der Waals surface area contributed by atoms with Crippen molar-refractivity contribution < 1.29 is 0 Å². The molecule has 0 saturated heterocycles. The van der Waals surface area contributed by atoms with Gasteiger partial charge in [-0.2, -0.15) is 0 Å². The van der Waals surface area contributed by atoms with Crippen LogP contribution in [0.2, 0.25) is 6.32 Å². The van der Waals surface area contributed by atoms with Gasteiger partial charge >= 0.3 is 0 Å². The maximum Gasteiger partial charge on any atom is 0.234 e. The molecule has 0 aliphatic rings. The molecule has 0 radical (unpaired) electrons. The van der Waals surface area contributed by atoms with Gasteiger partial charge in [0.1, 0.15) is 0 Å². The fraction of sp³-hybridized carbons (Fsp3) is 0.0909. The van der Waals surface area contributed by atoms with E-state index in [2.05, 4.69) is 99.0 Å². The third-order valence-electron chi connectivity index (χ3n) is 5.19. The fourth-order valence-electron chi connectivity index (χ4n) is 3.84. The van der Waals surface area contributed by atoms with Crippen molar-refractivity contribution in [2.75, 3.05) is 6.06 Å². The van der Waals surface area contributed by atoms with Gasteiger partial charge in [-0.25, -0.2) is 10.2 Å². The Morgan fingerprint density at radius 1 is 0.786 bits per heavy atom. The molecule has 0 aliphatic heterocycles. The summed E-state index contributed by atoms with van der Waals surface area (Å²) in [5.74, 6) is 0. The highest BCUT2D eigenvalue weighted by atomic mass is 31.1. The molecule has 0 N–H and O–H groups in total. The maximum atomic E-state index is 4.65. The Labute approximate surface area is 167 Å². The van der Waals surface area contributed by atoms with Crippen LogP contribution in [0.4, 0.5) is 0 Å². The number of hydrogen-bond acceptors (Lipinski definition) is 2. The lowest BCUT2D eigenvalue weighted by Crippen LogP contribution is -2.55. The van der Waals surface area contributed by atoms with E-state index in [1.807, 2.05) is 30.6 Å². The third kappa shape index (κ3) is 3.58. The van der Waals surface area contributed by atoms with E-state index in [-0.39, 0.29) is 0 Å². The van der Waals surface area contributed by atoms with Gasteiger partial charge in [0.25, 0.3) is 0 Å². The minimum atomic E-state index is -1.31. The quantitative estimate of drug-likeness (QED) is 0.263. The van der Waals surface area contributed by atoms with Crippen molar-refractivity contribution in [3.8, 4) is 0 Å². The first-order valence-electron chi connectivity index (χ1n) is 9.50. The highest BCUT2D eigenvalue weighted by Gasteiger charge is 2.33. The van der Waals surface area contributed by atoms with Crippen LogP contribution < -0.4 is 10.6 Å². The fourth-order valence-corrected chi connectivity index (χ4v) is 6.70. The Kier molecular flexibility index (Phi) is 5.54. The summed E-state index contributed by atoms with van der Waals surface area (Å²) >= 11 is 0. The zero-order valence-electron chi connectivity index (χ0n) is 15.7. The molecule has 0 fully saturated rings. The number of nitrogens with zero attached hydrogens (tertiary/aromatic N) is 4. The number of aromatic nitrogens is 4. The molecule has 6 heteroatoms. The Balaban J connectivity index is 1.86.